The molecule has 0 spiro atoms. The van der Waals surface area contributed by atoms with Gasteiger partial charge in [-0.15, -0.1) is 11.3 Å². The summed E-state index contributed by atoms with van der Waals surface area (Å²) in [7, 11) is 0. The van der Waals surface area contributed by atoms with E-state index >= 15 is 0 Å². The van der Waals surface area contributed by atoms with Crippen molar-refractivity contribution in [1.82, 2.24) is 0 Å². The van der Waals surface area contributed by atoms with Gasteiger partial charge in [-0.3, -0.25) is 0 Å². The minimum Gasteiger partial charge on any atom is -0.380 e. The lowest BCUT2D eigenvalue weighted by atomic mass is 9.98. The topological polar surface area (TPSA) is 9.23 Å². The summed E-state index contributed by atoms with van der Waals surface area (Å²) in [4.78, 5) is 1.40. The number of hydrogen-bond acceptors (Lipinski definition) is 3. The Hall–Kier alpha value is 0.01000. The minimum absolute atomic E-state index is 0.193. The summed E-state index contributed by atoms with van der Waals surface area (Å²) in [5.74, 6) is 0.867. The summed E-state index contributed by atoms with van der Waals surface area (Å²) in [6.45, 7) is 5.95. The number of thiophene rings is 1. The lowest BCUT2D eigenvalue weighted by Gasteiger charge is -2.21. The van der Waals surface area contributed by atoms with Crippen molar-refractivity contribution in [3.63, 3.8) is 0 Å². The van der Waals surface area contributed by atoms with Gasteiger partial charge in [0.25, 0.3) is 0 Å². The van der Waals surface area contributed by atoms with Crippen molar-refractivity contribution in [2.75, 3.05) is 19.0 Å². The van der Waals surface area contributed by atoms with E-state index in [9.17, 15) is 0 Å². The molecule has 0 aliphatic heterocycles. The van der Waals surface area contributed by atoms with Crippen LogP contribution in [0, 0.1) is 5.41 Å². The molecule has 1 heterocycles. The van der Waals surface area contributed by atoms with E-state index in [0.717, 1.165) is 25.4 Å². The van der Waals surface area contributed by atoms with E-state index < -0.39 is 0 Å². The van der Waals surface area contributed by atoms with Crippen LogP contribution >= 0.6 is 24.0 Å². The van der Waals surface area contributed by atoms with Gasteiger partial charge in [0.1, 0.15) is 0 Å². The van der Waals surface area contributed by atoms with E-state index in [4.69, 9.17) is 4.74 Å². The zero-order valence-electron chi connectivity index (χ0n) is 8.82. The van der Waals surface area contributed by atoms with Crippen molar-refractivity contribution >= 4 is 24.0 Å². The Labute approximate surface area is 95.9 Å². The molecule has 80 valence electrons. The summed E-state index contributed by atoms with van der Waals surface area (Å²) in [6, 6.07) is 4.23. The average molecular weight is 230 g/mol. The third-order valence-corrected chi connectivity index (χ3v) is 3.79. The van der Waals surface area contributed by atoms with E-state index in [2.05, 4.69) is 44.0 Å². The summed E-state index contributed by atoms with van der Waals surface area (Å²) in [6.07, 6.45) is 1.03. The molecule has 0 aromatic carbocycles. The van der Waals surface area contributed by atoms with Gasteiger partial charge in [0.15, 0.2) is 0 Å². The molecule has 0 aliphatic carbocycles. The van der Waals surface area contributed by atoms with E-state index in [1.54, 1.807) is 11.3 Å². The molecule has 0 saturated heterocycles. The molecule has 0 radical (unpaired) electrons. The summed E-state index contributed by atoms with van der Waals surface area (Å²) < 4.78 is 5.62. The largest absolute Gasteiger partial charge is 0.380 e. The van der Waals surface area contributed by atoms with Gasteiger partial charge in [0.05, 0.1) is 13.2 Å². The van der Waals surface area contributed by atoms with Gasteiger partial charge < -0.3 is 4.74 Å². The van der Waals surface area contributed by atoms with Crippen LogP contribution in [0.4, 0.5) is 0 Å². The number of hydrogen-bond donors (Lipinski definition) is 1. The third kappa shape index (κ3) is 4.49. The predicted molar refractivity (Wildman–Crippen MR) is 66.5 cm³/mol. The van der Waals surface area contributed by atoms with Gasteiger partial charge >= 0.3 is 0 Å². The highest BCUT2D eigenvalue weighted by Gasteiger charge is 2.15. The normalized spacial score (nSPS) is 11.9. The highest BCUT2D eigenvalue weighted by atomic mass is 32.1. The van der Waals surface area contributed by atoms with Crippen LogP contribution in [0.15, 0.2) is 17.5 Å². The van der Waals surface area contributed by atoms with Gasteiger partial charge in [-0.05, 0) is 22.6 Å². The molecule has 1 nitrogen and oxygen atoms in total. The second kappa shape index (κ2) is 5.79. The molecule has 14 heavy (non-hydrogen) atoms. The Morgan fingerprint density at radius 1 is 1.50 bits per heavy atom. The smallest absolute Gasteiger partial charge is 0.0525 e. The zero-order valence-corrected chi connectivity index (χ0v) is 10.5. The molecule has 0 N–H and O–H groups in total. The SMILES string of the molecule is CC(C)(CS)COCCc1cccs1. The van der Waals surface area contributed by atoms with Crippen LogP contribution in [0.1, 0.15) is 18.7 Å². The lowest BCUT2D eigenvalue weighted by molar-refractivity contribution is 0.0760. The molecule has 3 heteroatoms. The van der Waals surface area contributed by atoms with Gasteiger partial charge in [-0.2, -0.15) is 12.6 Å². The molecule has 1 aromatic heterocycles. The number of thiol groups is 1. The van der Waals surface area contributed by atoms with E-state index in [1.807, 2.05) is 0 Å². The van der Waals surface area contributed by atoms with Crippen LogP contribution in [0.2, 0.25) is 0 Å². The number of rotatable bonds is 6. The van der Waals surface area contributed by atoms with Crippen LogP contribution in [-0.4, -0.2) is 19.0 Å². The fourth-order valence-corrected chi connectivity index (χ4v) is 1.80. The molecule has 0 unspecified atom stereocenters. The van der Waals surface area contributed by atoms with E-state index in [-0.39, 0.29) is 5.41 Å². The van der Waals surface area contributed by atoms with Crippen molar-refractivity contribution in [1.29, 1.82) is 0 Å². The molecule has 0 atom stereocenters. The lowest BCUT2D eigenvalue weighted by Crippen LogP contribution is -2.21. The Morgan fingerprint density at radius 3 is 2.86 bits per heavy atom. The maximum absolute atomic E-state index is 5.62. The van der Waals surface area contributed by atoms with Crippen LogP contribution in [0.25, 0.3) is 0 Å². The predicted octanol–water partition coefficient (Wildman–Crippen LogP) is 3.26. The molecule has 1 aromatic rings. The maximum Gasteiger partial charge on any atom is 0.0525 e. The second-order valence-corrected chi connectivity index (χ2v) is 5.55. The Balaban J connectivity index is 2.11. The van der Waals surface area contributed by atoms with Gasteiger partial charge in [0.2, 0.25) is 0 Å². The first-order valence-electron chi connectivity index (χ1n) is 4.85. The Kier molecular flexibility index (Phi) is 4.99. The van der Waals surface area contributed by atoms with Crippen molar-refractivity contribution < 1.29 is 4.74 Å². The van der Waals surface area contributed by atoms with Gasteiger partial charge in [0, 0.05) is 11.3 Å². The summed E-state index contributed by atoms with van der Waals surface area (Å²) in [5, 5.41) is 2.10. The Morgan fingerprint density at radius 2 is 2.29 bits per heavy atom. The molecule has 0 fully saturated rings. The fourth-order valence-electron chi connectivity index (χ4n) is 1.02. The van der Waals surface area contributed by atoms with E-state index in [0.29, 0.717) is 0 Å². The molecule has 0 saturated carbocycles. The van der Waals surface area contributed by atoms with Crippen LogP contribution in [0.3, 0.4) is 0 Å². The first kappa shape index (κ1) is 12.1. The van der Waals surface area contributed by atoms with Crippen molar-refractivity contribution in [3.05, 3.63) is 22.4 Å². The van der Waals surface area contributed by atoms with Gasteiger partial charge in [-0.1, -0.05) is 19.9 Å². The van der Waals surface area contributed by atoms with Crippen molar-refractivity contribution in [2.24, 2.45) is 5.41 Å². The third-order valence-electron chi connectivity index (χ3n) is 1.99. The summed E-state index contributed by atoms with van der Waals surface area (Å²) in [5.41, 5.74) is 0.193. The molecule has 0 bridgehead atoms. The standard InChI is InChI=1S/C11H18OS2/c1-11(2,9-13)8-12-6-5-10-4-3-7-14-10/h3-4,7,13H,5-6,8-9H2,1-2H3. The molecular formula is C11H18OS2. The zero-order chi connectivity index (χ0) is 10.4. The first-order chi connectivity index (χ1) is 6.64. The van der Waals surface area contributed by atoms with Crippen LogP contribution in [-0.2, 0) is 11.2 Å². The molecular weight excluding hydrogens is 212 g/mol. The molecule has 0 aliphatic rings. The van der Waals surface area contributed by atoms with Crippen molar-refractivity contribution in [3.8, 4) is 0 Å². The molecule has 1 rings (SSSR count). The highest BCUT2D eigenvalue weighted by molar-refractivity contribution is 7.80. The first-order valence-corrected chi connectivity index (χ1v) is 6.36. The number of ether oxygens (including phenoxy) is 1. The second-order valence-electron chi connectivity index (χ2n) is 4.20. The van der Waals surface area contributed by atoms with Crippen LogP contribution < -0.4 is 0 Å². The van der Waals surface area contributed by atoms with E-state index in [1.165, 1.54) is 4.88 Å². The van der Waals surface area contributed by atoms with Gasteiger partial charge in [-0.25, -0.2) is 0 Å². The quantitative estimate of drug-likeness (QED) is 0.583. The highest BCUT2D eigenvalue weighted by Crippen LogP contribution is 2.17. The van der Waals surface area contributed by atoms with Crippen molar-refractivity contribution in [2.45, 2.75) is 20.3 Å². The summed E-state index contributed by atoms with van der Waals surface area (Å²) >= 11 is 6.08. The van der Waals surface area contributed by atoms with Crippen LogP contribution in [0.5, 0.6) is 0 Å². The molecule has 0 amide bonds. The minimum atomic E-state index is 0.193. The average Bonchev–Trinajstić information content (AvgIpc) is 2.65. The fraction of sp³-hybridized carbons (Fsp3) is 0.636. The Bertz CT molecular complexity index is 242. The maximum atomic E-state index is 5.62. The monoisotopic (exact) mass is 230 g/mol.